The van der Waals surface area contributed by atoms with E-state index in [2.05, 4.69) is 28.5 Å². The van der Waals surface area contributed by atoms with Crippen LogP contribution in [0.2, 0.25) is 0 Å². The zero-order valence-corrected chi connectivity index (χ0v) is 17.8. The van der Waals surface area contributed by atoms with Gasteiger partial charge in [-0.2, -0.15) is 0 Å². The molecule has 0 atom stereocenters. The quantitative estimate of drug-likeness (QED) is 0.721. The Kier molecular flexibility index (Phi) is 6.93. The molecule has 7 heteroatoms. The van der Waals surface area contributed by atoms with Crippen molar-refractivity contribution in [2.45, 2.75) is 19.8 Å². The molecule has 1 aliphatic heterocycles. The Morgan fingerprint density at radius 3 is 2.31 bits per heavy atom. The van der Waals surface area contributed by atoms with Crippen molar-refractivity contribution in [3.05, 3.63) is 48.0 Å². The second-order valence-electron chi connectivity index (χ2n) is 7.20. The van der Waals surface area contributed by atoms with Crippen molar-refractivity contribution in [1.29, 1.82) is 0 Å². The van der Waals surface area contributed by atoms with Gasteiger partial charge in [0, 0.05) is 24.7 Å². The topological polar surface area (TPSA) is 62.8 Å². The van der Waals surface area contributed by atoms with Crippen LogP contribution in [-0.2, 0) is 0 Å². The van der Waals surface area contributed by atoms with Gasteiger partial charge >= 0.3 is 0 Å². The minimum absolute atomic E-state index is 0.245. The maximum Gasteiger partial charge on any atom is 0.257 e. The molecule has 1 amide bonds. The molecule has 0 aromatic heterocycles. The number of hydrogen-bond acceptors (Lipinski definition) is 5. The lowest BCUT2D eigenvalue weighted by molar-refractivity contribution is 0.0977. The predicted octanol–water partition coefficient (Wildman–Crippen LogP) is 4.07. The van der Waals surface area contributed by atoms with E-state index in [1.54, 1.807) is 32.4 Å². The number of amides is 1. The highest BCUT2D eigenvalue weighted by Crippen LogP contribution is 2.29. The van der Waals surface area contributed by atoms with E-state index in [1.807, 2.05) is 18.2 Å². The van der Waals surface area contributed by atoms with Crippen molar-refractivity contribution >= 4 is 34.6 Å². The monoisotopic (exact) mass is 413 g/mol. The van der Waals surface area contributed by atoms with Crippen LogP contribution < -0.4 is 25.0 Å². The Labute approximate surface area is 177 Å². The lowest BCUT2D eigenvalue weighted by Crippen LogP contribution is -2.36. The third-order valence-electron chi connectivity index (χ3n) is 5.12. The first-order valence-corrected chi connectivity index (χ1v) is 10.1. The van der Waals surface area contributed by atoms with Gasteiger partial charge in [-0.05, 0) is 55.2 Å². The van der Waals surface area contributed by atoms with Gasteiger partial charge in [-0.1, -0.05) is 19.1 Å². The number of rotatable bonds is 5. The molecule has 2 aromatic rings. The van der Waals surface area contributed by atoms with Gasteiger partial charge in [0.05, 0.1) is 25.6 Å². The van der Waals surface area contributed by atoms with E-state index in [0.717, 1.165) is 30.4 Å². The summed E-state index contributed by atoms with van der Waals surface area (Å²) in [7, 11) is 3.09. The molecule has 3 rings (SSSR count). The number of ether oxygens (including phenoxy) is 2. The van der Waals surface area contributed by atoms with Crippen LogP contribution in [-0.4, -0.2) is 38.3 Å². The van der Waals surface area contributed by atoms with Gasteiger partial charge in [0.25, 0.3) is 5.91 Å². The van der Waals surface area contributed by atoms with E-state index in [9.17, 15) is 4.79 Å². The summed E-state index contributed by atoms with van der Waals surface area (Å²) in [5.74, 6) is 1.51. The minimum atomic E-state index is -0.330. The molecule has 0 bridgehead atoms. The molecule has 0 unspecified atom stereocenters. The van der Waals surface area contributed by atoms with Crippen LogP contribution in [0.25, 0.3) is 0 Å². The number of para-hydroxylation sites is 2. The van der Waals surface area contributed by atoms with Gasteiger partial charge in [-0.15, -0.1) is 0 Å². The van der Waals surface area contributed by atoms with Crippen LogP contribution in [0.1, 0.15) is 30.1 Å². The predicted molar refractivity (Wildman–Crippen MR) is 120 cm³/mol. The molecule has 1 heterocycles. The number of nitrogens with one attached hydrogen (secondary N) is 2. The smallest absolute Gasteiger partial charge is 0.257 e. The first-order valence-electron chi connectivity index (χ1n) is 9.69. The van der Waals surface area contributed by atoms with Gasteiger partial charge in [-0.3, -0.25) is 10.1 Å². The molecule has 0 radical (unpaired) electrons. The zero-order valence-electron chi connectivity index (χ0n) is 17.0. The normalized spacial score (nSPS) is 14.2. The number of piperidine rings is 1. The Hall–Kier alpha value is -2.80. The first-order chi connectivity index (χ1) is 14.0. The average Bonchev–Trinajstić information content (AvgIpc) is 2.74. The van der Waals surface area contributed by atoms with Gasteiger partial charge in [0.2, 0.25) is 0 Å². The maximum absolute atomic E-state index is 12.6. The largest absolute Gasteiger partial charge is 0.497 e. The fraction of sp³-hybridized carbons (Fsp3) is 0.364. The van der Waals surface area contributed by atoms with Crippen LogP contribution >= 0.6 is 12.2 Å². The lowest BCUT2D eigenvalue weighted by Gasteiger charge is -2.33. The zero-order chi connectivity index (χ0) is 20.8. The van der Waals surface area contributed by atoms with Crippen molar-refractivity contribution in [2.75, 3.05) is 37.5 Å². The summed E-state index contributed by atoms with van der Waals surface area (Å²) >= 11 is 5.39. The van der Waals surface area contributed by atoms with Gasteiger partial charge in [0.15, 0.2) is 5.11 Å². The van der Waals surface area contributed by atoms with Gasteiger partial charge in [0.1, 0.15) is 11.5 Å². The molecule has 0 saturated carbocycles. The lowest BCUT2D eigenvalue weighted by atomic mass is 9.98. The van der Waals surface area contributed by atoms with E-state index >= 15 is 0 Å². The molecule has 0 aliphatic carbocycles. The summed E-state index contributed by atoms with van der Waals surface area (Å²) < 4.78 is 10.4. The van der Waals surface area contributed by atoms with E-state index in [0.29, 0.717) is 17.1 Å². The number of carbonyl (C=O) groups is 1. The third-order valence-corrected chi connectivity index (χ3v) is 5.32. The van der Waals surface area contributed by atoms with Crippen LogP contribution in [0.15, 0.2) is 42.5 Å². The Balaban J connectivity index is 1.69. The number of thiocarbonyl (C=S) groups is 1. The van der Waals surface area contributed by atoms with Crippen molar-refractivity contribution in [3.63, 3.8) is 0 Å². The summed E-state index contributed by atoms with van der Waals surface area (Å²) in [5, 5.41) is 6.15. The van der Waals surface area contributed by atoms with E-state index in [1.165, 1.54) is 12.8 Å². The highest BCUT2D eigenvalue weighted by molar-refractivity contribution is 7.80. The number of anilines is 2. The SMILES string of the molecule is COc1cc(OC)cc(C(=O)NC(=S)Nc2ccccc2N2CCC(C)CC2)c1. The second-order valence-corrected chi connectivity index (χ2v) is 7.60. The molecule has 2 N–H and O–H groups in total. The molecular formula is C22H27N3O3S. The number of nitrogens with zero attached hydrogens (tertiary/aromatic N) is 1. The highest BCUT2D eigenvalue weighted by atomic mass is 32.1. The molecule has 1 aliphatic rings. The Bertz CT molecular complexity index is 857. The molecule has 6 nitrogen and oxygen atoms in total. The number of hydrogen-bond donors (Lipinski definition) is 2. The Morgan fingerprint density at radius 2 is 1.69 bits per heavy atom. The molecule has 1 fully saturated rings. The number of benzene rings is 2. The maximum atomic E-state index is 12.6. The third kappa shape index (κ3) is 5.38. The van der Waals surface area contributed by atoms with Gasteiger partial charge in [-0.25, -0.2) is 0 Å². The van der Waals surface area contributed by atoms with E-state index in [-0.39, 0.29) is 11.0 Å². The molecule has 29 heavy (non-hydrogen) atoms. The summed E-state index contributed by atoms with van der Waals surface area (Å²) in [5.41, 5.74) is 2.39. The summed E-state index contributed by atoms with van der Waals surface area (Å²) in [6.07, 6.45) is 2.35. The summed E-state index contributed by atoms with van der Waals surface area (Å²) in [6.45, 7) is 4.32. The fourth-order valence-corrected chi connectivity index (χ4v) is 3.57. The Morgan fingerprint density at radius 1 is 1.07 bits per heavy atom. The molecule has 154 valence electrons. The molecular weight excluding hydrogens is 386 g/mol. The molecule has 1 saturated heterocycles. The van der Waals surface area contributed by atoms with Crippen molar-refractivity contribution in [3.8, 4) is 11.5 Å². The highest BCUT2D eigenvalue weighted by Gasteiger charge is 2.19. The standard InChI is InChI=1S/C22H27N3O3S/c1-15-8-10-25(11-9-15)20-7-5-4-6-19(20)23-22(29)24-21(26)16-12-17(27-2)14-18(13-16)28-3/h4-7,12-15H,8-11H2,1-3H3,(H2,23,24,26,29). The van der Waals surface area contributed by atoms with E-state index < -0.39 is 0 Å². The van der Waals surface area contributed by atoms with Crippen LogP contribution in [0.4, 0.5) is 11.4 Å². The van der Waals surface area contributed by atoms with Crippen molar-refractivity contribution < 1.29 is 14.3 Å². The molecule has 2 aromatic carbocycles. The second kappa shape index (κ2) is 9.60. The minimum Gasteiger partial charge on any atom is -0.497 e. The number of carbonyl (C=O) groups excluding carboxylic acids is 1. The van der Waals surface area contributed by atoms with Crippen LogP contribution in [0.5, 0.6) is 11.5 Å². The molecule has 0 spiro atoms. The van der Waals surface area contributed by atoms with Crippen molar-refractivity contribution in [2.24, 2.45) is 5.92 Å². The number of methoxy groups -OCH3 is 2. The van der Waals surface area contributed by atoms with E-state index in [4.69, 9.17) is 21.7 Å². The van der Waals surface area contributed by atoms with Crippen LogP contribution in [0, 0.1) is 5.92 Å². The van der Waals surface area contributed by atoms with Gasteiger partial charge < -0.3 is 19.7 Å². The van der Waals surface area contributed by atoms with Crippen molar-refractivity contribution in [1.82, 2.24) is 5.32 Å². The first kappa shape index (κ1) is 20.9. The average molecular weight is 414 g/mol. The van der Waals surface area contributed by atoms with Crippen LogP contribution in [0.3, 0.4) is 0 Å². The summed E-state index contributed by atoms with van der Waals surface area (Å²) in [4.78, 5) is 15.0. The fourth-order valence-electron chi connectivity index (χ4n) is 3.37. The summed E-state index contributed by atoms with van der Waals surface area (Å²) in [6, 6.07) is 13.0.